The van der Waals surface area contributed by atoms with Crippen LogP contribution in [-0.2, 0) is 17.9 Å². The molecule has 0 unspecified atom stereocenters. The van der Waals surface area contributed by atoms with E-state index in [0.717, 1.165) is 38.3 Å². The number of aromatic nitrogens is 2. The maximum Gasteiger partial charge on any atom is 0.267 e. The second-order valence-corrected chi connectivity index (χ2v) is 11.4. The molecule has 3 aromatic heterocycles. The van der Waals surface area contributed by atoms with E-state index in [9.17, 15) is 9.59 Å². The number of rotatable bonds is 6. The van der Waals surface area contributed by atoms with Gasteiger partial charge in [0.2, 0.25) is 0 Å². The number of benzene rings is 1. The number of carbonyl (C=O) groups excluding carboxylic acids is 1. The molecule has 0 aliphatic carbocycles. The third-order valence-corrected chi connectivity index (χ3v) is 8.33. The van der Waals surface area contributed by atoms with Crippen molar-refractivity contribution in [1.29, 1.82) is 0 Å². The summed E-state index contributed by atoms with van der Waals surface area (Å²) in [7, 11) is 0. The molecule has 198 valence electrons. The first kappa shape index (κ1) is 25.5. The second-order valence-electron chi connectivity index (χ2n) is 9.68. The van der Waals surface area contributed by atoms with Crippen LogP contribution in [-0.4, -0.2) is 55.6 Å². The van der Waals surface area contributed by atoms with E-state index in [4.69, 9.17) is 21.6 Å². The highest BCUT2D eigenvalue weighted by molar-refractivity contribution is 8.26. The summed E-state index contributed by atoms with van der Waals surface area (Å²) in [5, 5.41) is 0. The average molecular weight is 558 g/mol. The lowest BCUT2D eigenvalue weighted by Gasteiger charge is -2.36. The van der Waals surface area contributed by atoms with Crippen molar-refractivity contribution in [3.8, 4) is 0 Å². The molecule has 2 fully saturated rings. The van der Waals surface area contributed by atoms with Gasteiger partial charge in [0.25, 0.3) is 11.5 Å². The van der Waals surface area contributed by atoms with E-state index in [0.29, 0.717) is 32.0 Å². The van der Waals surface area contributed by atoms with Gasteiger partial charge in [0.05, 0.1) is 23.3 Å². The maximum absolute atomic E-state index is 13.8. The number of carbonyl (C=O) groups is 1. The molecule has 0 bridgehead atoms. The molecule has 0 spiro atoms. The first-order valence-electron chi connectivity index (χ1n) is 12.8. The molecule has 0 radical (unpaired) electrons. The summed E-state index contributed by atoms with van der Waals surface area (Å²) >= 11 is 6.70. The van der Waals surface area contributed by atoms with Crippen LogP contribution in [0.3, 0.4) is 0 Å². The lowest BCUT2D eigenvalue weighted by molar-refractivity contribution is -0.122. The van der Waals surface area contributed by atoms with Gasteiger partial charge in [-0.05, 0) is 42.3 Å². The number of amides is 1. The summed E-state index contributed by atoms with van der Waals surface area (Å²) in [6, 6.07) is 17.8. The van der Waals surface area contributed by atoms with Crippen LogP contribution in [0, 0.1) is 6.92 Å². The van der Waals surface area contributed by atoms with E-state index in [1.807, 2.05) is 25.1 Å². The third kappa shape index (κ3) is 5.27. The summed E-state index contributed by atoms with van der Waals surface area (Å²) in [5.41, 5.74) is 3.00. The minimum absolute atomic E-state index is 0.207. The molecule has 0 saturated carbocycles. The molecule has 2 aliphatic heterocycles. The van der Waals surface area contributed by atoms with E-state index < -0.39 is 0 Å². The predicted octanol–water partition coefficient (Wildman–Crippen LogP) is 4.32. The second kappa shape index (κ2) is 10.8. The molecular formula is C29H27N5O3S2. The molecule has 8 nitrogen and oxygen atoms in total. The molecule has 2 aliphatic rings. The number of piperazine rings is 1. The third-order valence-electron chi connectivity index (χ3n) is 6.95. The van der Waals surface area contributed by atoms with Crippen molar-refractivity contribution in [3.63, 3.8) is 0 Å². The van der Waals surface area contributed by atoms with Crippen molar-refractivity contribution in [2.75, 3.05) is 31.1 Å². The van der Waals surface area contributed by atoms with Gasteiger partial charge >= 0.3 is 0 Å². The fraction of sp³-hybridized carbons (Fsp3) is 0.241. The van der Waals surface area contributed by atoms with E-state index in [1.165, 1.54) is 22.2 Å². The van der Waals surface area contributed by atoms with Gasteiger partial charge in [-0.2, -0.15) is 0 Å². The Morgan fingerprint density at radius 2 is 1.79 bits per heavy atom. The van der Waals surface area contributed by atoms with Gasteiger partial charge in [-0.15, -0.1) is 0 Å². The summed E-state index contributed by atoms with van der Waals surface area (Å²) in [5.74, 6) is 0.998. The number of aryl methyl sites for hydroxylation is 1. The SMILES string of the molecule is Cc1ccc2nc(N3CCN(Cc4ccccc4)CC3)c(C=C3SC(=S)N(Cc4ccco4)C3=O)c(=O)n2c1. The minimum Gasteiger partial charge on any atom is -0.467 e. The molecule has 4 aromatic rings. The Labute approximate surface area is 235 Å². The number of thiocarbonyl (C=S) groups is 1. The molecule has 0 atom stereocenters. The molecule has 2 saturated heterocycles. The molecule has 6 rings (SSSR count). The summed E-state index contributed by atoms with van der Waals surface area (Å²) in [6.07, 6.45) is 5.02. The molecule has 1 amide bonds. The zero-order valence-electron chi connectivity index (χ0n) is 21.4. The molecule has 0 N–H and O–H groups in total. The van der Waals surface area contributed by atoms with Gasteiger partial charge in [-0.1, -0.05) is 60.4 Å². The van der Waals surface area contributed by atoms with Gasteiger partial charge < -0.3 is 9.32 Å². The number of thioether (sulfide) groups is 1. The highest BCUT2D eigenvalue weighted by atomic mass is 32.2. The highest BCUT2D eigenvalue weighted by Crippen LogP contribution is 2.34. The number of hydrogen-bond donors (Lipinski definition) is 0. The summed E-state index contributed by atoms with van der Waals surface area (Å²) < 4.78 is 7.40. The summed E-state index contributed by atoms with van der Waals surface area (Å²) in [6.45, 7) is 6.20. The zero-order valence-corrected chi connectivity index (χ0v) is 23.1. The predicted molar refractivity (Wildman–Crippen MR) is 158 cm³/mol. The molecular weight excluding hydrogens is 530 g/mol. The van der Waals surface area contributed by atoms with Crippen molar-refractivity contribution in [2.24, 2.45) is 0 Å². The lowest BCUT2D eigenvalue weighted by Crippen LogP contribution is -2.47. The first-order chi connectivity index (χ1) is 19.0. The Bertz CT molecular complexity index is 1620. The largest absolute Gasteiger partial charge is 0.467 e. The number of hydrogen-bond acceptors (Lipinski definition) is 8. The standard InChI is InChI=1S/C29H27N5O3S2/c1-20-9-10-25-30-26(32-13-11-31(12-14-32)18-21-6-3-2-4-7-21)23(27(35)33(25)17-20)16-24-28(36)34(29(38)39-24)19-22-8-5-15-37-22/h2-10,15-17H,11-14,18-19H2,1H3. The van der Waals surface area contributed by atoms with Gasteiger partial charge in [0.1, 0.15) is 21.5 Å². The fourth-order valence-corrected chi connectivity index (χ4v) is 6.14. The van der Waals surface area contributed by atoms with Gasteiger partial charge in [0, 0.05) is 38.9 Å². The Morgan fingerprint density at radius 1 is 1.00 bits per heavy atom. The quantitative estimate of drug-likeness (QED) is 0.256. The van der Waals surface area contributed by atoms with Crippen molar-refractivity contribution in [3.05, 3.63) is 105 Å². The highest BCUT2D eigenvalue weighted by Gasteiger charge is 2.34. The van der Waals surface area contributed by atoms with E-state index in [1.54, 1.807) is 35.1 Å². The van der Waals surface area contributed by atoms with Gasteiger partial charge in [-0.25, -0.2) is 4.98 Å². The van der Waals surface area contributed by atoms with Crippen LogP contribution >= 0.6 is 24.0 Å². The number of fused-ring (bicyclic) bond motifs is 1. The van der Waals surface area contributed by atoms with Crippen LogP contribution in [0.2, 0.25) is 0 Å². The molecule has 10 heteroatoms. The van der Waals surface area contributed by atoms with Crippen LogP contribution in [0.1, 0.15) is 22.5 Å². The maximum atomic E-state index is 13.8. The lowest BCUT2D eigenvalue weighted by atomic mass is 10.2. The average Bonchev–Trinajstić information content (AvgIpc) is 3.55. The Balaban J connectivity index is 1.32. The molecule has 39 heavy (non-hydrogen) atoms. The van der Waals surface area contributed by atoms with Crippen LogP contribution < -0.4 is 10.5 Å². The minimum atomic E-state index is -0.242. The van der Waals surface area contributed by atoms with E-state index >= 15 is 0 Å². The van der Waals surface area contributed by atoms with E-state index in [-0.39, 0.29) is 18.0 Å². The molecule has 5 heterocycles. The van der Waals surface area contributed by atoms with Crippen molar-refractivity contribution in [2.45, 2.75) is 20.0 Å². The number of anilines is 1. The smallest absolute Gasteiger partial charge is 0.267 e. The summed E-state index contributed by atoms with van der Waals surface area (Å²) in [4.78, 5) is 38.5. The van der Waals surface area contributed by atoms with Crippen molar-refractivity contribution < 1.29 is 9.21 Å². The Kier molecular flexibility index (Phi) is 7.07. The van der Waals surface area contributed by atoms with Crippen molar-refractivity contribution in [1.82, 2.24) is 19.2 Å². The monoisotopic (exact) mass is 557 g/mol. The first-order valence-corrected chi connectivity index (χ1v) is 14.0. The van der Waals surface area contributed by atoms with Crippen LogP contribution in [0.4, 0.5) is 5.82 Å². The normalized spacial score (nSPS) is 17.6. The van der Waals surface area contributed by atoms with Crippen molar-refractivity contribution >= 4 is 51.7 Å². The van der Waals surface area contributed by atoms with Crippen LogP contribution in [0.25, 0.3) is 11.7 Å². The molecule has 1 aromatic carbocycles. The number of furan rings is 1. The zero-order chi connectivity index (χ0) is 26.9. The topological polar surface area (TPSA) is 74.3 Å². The Hall–Kier alpha value is -3.73. The number of nitrogens with zero attached hydrogens (tertiary/aromatic N) is 5. The van der Waals surface area contributed by atoms with Crippen LogP contribution in [0.5, 0.6) is 0 Å². The van der Waals surface area contributed by atoms with Gasteiger partial charge in [0.15, 0.2) is 0 Å². The Morgan fingerprint density at radius 3 is 2.54 bits per heavy atom. The fourth-order valence-electron chi connectivity index (χ4n) is 4.90. The van der Waals surface area contributed by atoms with Crippen LogP contribution in [0.15, 0.2) is 81.2 Å². The van der Waals surface area contributed by atoms with Gasteiger partial charge in [-0.3, -0.25) is 23.8 Å². The van der Waals surface area contributed by atoms with E-state index in [2.05, 4.69) is 34.1 Å². The number of pyridine rings is 1.